The van der Waals surface area contributed by atoms with Crippen molar-refractivity contribution in [2.45, 2.75) is 13.3 Å². The SMILES string of the molecule is COc1ccccc1CCNc1ccnc(C(=O)Nc2cccc(C)c2)c1. The van der Waals surface area contributed by atoms with Gasteiger partial charge in [0.05, 0.1) is 7.11 Å². The first kappa shape index (κ1) is 18.5. The number of hydrogen-bond donors (Lipinski definition) is 2. The van der Waals surface area contributed by atoms with Gasteiger partial charge in [-0.15, -0.1) is 0 Å². The highest BCUT2D eigenvalue weighted by Crippen LogP contribution is 2.18. The smallest absolute Gasteiger partial charge is 0.274 e. The fourth-order valence-corrected chi connectivity index (χ4v) is 2.83. The Morgan fingerprint density at radius 1 is 1.04 bits per heavy atom. The summed E-state index contributed by atoms with van der Waals surface area (Å²) in [7, 11) is 1.67. The summed E-state index contributed by atoms with van der Waals surface area (Å²) in [4.78, 5) is 16.6. The zero-order valence-corrected chi connectivity index (χ0v) is 15.5. The first-order valence-corrected chi connectivity index (χ1v) is 8.85. The second-order valence-corrected chi connectivity index (χ2v) is 6.24. The lowest BCUT2D eigenvalue weighted by Gasteiger charge is -2.11. The van der Waals surface area contributed by atoms with Crippen molar-refractivity contribution in [3.63, 3.8) is 0 Å². The molecule has 0 unspecified atom stereocenters. The topological polar surface area (TPSA) is 63.2 Å². The molecule has 138 valence electrons. The number of nitrogens with zero attached hydrogens (tertiary/aromatic N) is 1. The molecular formula is C22H23N3O2. The normalized spacial score (nSPS) is 10.3. The van der Waals surface area contributed by atoms with Crippen LogP contribution in [0.25, 0.3) is 0 Å². The highest BCUT2D eigenvalue weighted by molar-refractivity contribution is 6.03. The van der Waals surface area contributed by atoms with Crippen LogP contribution in [0.1, 0.15) is 21.6 Å². The van der Waals surface area contributed by atoms with E-state index >= 15 is 0 Å². The van der Waals surface area contributed by atoms with Crippen LogP contribution in [0.2, 0.25) is 0 Å². The van der Waals surface area contributed by atoms with Crippen molar-refractivity contribution >= 4 is 17.3 Å². The van der Waals surface area contributed by atoms with E-state index in [1.807, 2.05) is 61.5 Å². The van der Waals surface area contributed by atoms with Gasteiger partial charge in [0.25, 0.3) is 5.91 Å². The molecular weight excluding hydrogens is 338 g/mol. The van der Waals surface area contributed by atoms with Crippen LogP contribution in [-0.2, 0) is 6.42 Å². The van der Waals surface area contributed by atoms with Crippen LogP contribution in [0.4, 0.5) is 11.4 Å². The molecule has 0 aliphatic rings. The third-order valence-electron chi connectivity index (χ3n) is 4.18. The molecule has 0 aliphatic heterocycles. The zero-order chi connectivity index (χ0) is 19.1. The maximum Gasteiger partial charge on any atom is 0.274 e. The number of aryl methyl sites for hydroxylation is 1. The van der Waals surface area contributed by atoms with E-state index in [1.54, 1.807) is 19.4 Å². The second kappa shape index (κ2) is 8.85. The molecule has 2 N–H and O–H groups in total. The number of benzene rings is 2. The number of ether oxygens (including phenoxy) is 1. The minimum absolute atomic E-state index is 0.228. The van der Waals surface area contributed by atoms with E-state index in [0.29, 0.717) is 5.69 Å². The molecule has 0 saturated heterocycles. The van der Waals surface area contributed by atoms with Crippen molar-refractivity contribution in [3.05, 3.63) is 83.7 Å². The summed E-state index contributed by atoms with van der Waals surface area (Å²) in [5.74, 6) is 0.654. The predicted molar refractivity (Wildman–Crippen MR) is 109 cm³/mol. The molecule has 0 fully saturated rings. The summed E-state index contributed by atoms with van der Waals surface area (Å²) in [6.45, 7) is 2.71. The van der Waals surface area contributed by atoms with Crippen LogP contribution in [0.15, 0.2) is 66.9 Å². The van der Waals surface area contributed by atoms with Gasteiger partial charge in [0.15, 0.2) is 0 Å². The Balaban J connectivity index is 1.60. The van der Waals surface area contributed by atoms with Crippen molar-refractivity contribution in [1.82, 2.24) is 4.98 Å². The summed E-state index contributed by atoms with van der Waals surface area (Å²) in [6.07, 6.45) is 2.45. The minimum atomic E-state index is -0.228. The lowest BCUT2D eigenvalue weighted by atomic mass is 10.1. The number of amides is 1. The van der Waals surface area contributed by atoms with Crippen LogP contribution < -0.4 is 15.4 Å². The Labute approximate surface area is 159 Å². The zero-order valence-electron chi connectivity index (χ0n) is 15.5. The van der Waals surface area contributed by atoms with E-state index in [0.717, 1.165) is 41.2 Å². The quantitative estimate of drug-likeness (QED) is 0.658. The van der Waals surface area contributed by atoms with Crippen molar-refractivity contribution < 1.29 is 9.53 Å². The molecule has 0 bridgehead atoms. The number of nitrogens with one attached hydrogen (secondary N) is 2. The van der Waals surface area contributed by atoms with Gasteiger partial charge in [0.1, 0.15) is 11.4 Å². The summed E-state index contributed by atoms with van der Waals surface area (Å²) < 4.78 is 5.37. The molecule has 0 atom stereocenters. The number of anilines is 2. The monoisotopic (exact) mass is 361 g/mol. The van der Waals surface area contributed by atoms with Crippen LogP contribution in [0, 0.1) is 6.92 Å². The van der Waals surface area contributed by atoms with Gasteiger partial charge in [-0.05, 0) is 54.8 Å². The molecule has 0 aliphatic carbocycles. The van der Waals surface area contributed by atoms with Gasteiger partial charge in [-0.2, -0.15) is 0 Å². The van der Waals surface area contributed by atoms with E-state index in [4.69, 9.17) is 4.74 Å². The van der Waals surface area contributed by atoms with Gasteiger partial charge < -0.3 is 15.4 Å². The molecule has 3 rings (SSSR count). The average molecular weight is 361 g/mol. The maximum absolute atomic E-state index is 12.4. The Morgan fingerprint density at radius 3 is 2.70 bits per heavy atom. The van der Waals surface area contributed by atoms with Gasteiger partial charge in [0, 0.05) is 24.1 Å². The van der Waals surface area contributed by atoms with E-state index in [-0.39, 0.29) is 5.91 Å². The molecule has 27 heavy (non-hydrogen) atoms. The Morgan fingerprint density at radius 2 is 1.89 bits per heavy atom. The van der Waals surface area contributed by atoms with Crippen LogP contribution in [-0.4, -0.2) is 24.5 Å². The van der Waals surface area contributed by atoms with Crippen molar-refractivity contribution in [3.8, 4) is 5.75 Å². The average Bonchev–Trinajstić information content (AvgIpc) is 2.68. The lowest BCUT2D eigenvalue weighted by Crippen LogP contribution is -2.14. The van der Waals surface area contributed by atoms with Crippen molar-refractivity contribution in [2.24, 2.45) is 0 Å². The van der Waals surface area contributed by atoms with Gasteiger partial charge >= 0.3 is 0 Å². The molecule has 5 heteroatoms. The first-order valence-electron chi connectivity index (χ1n) is 8.85. The number of methoxy groups -OCH3 is 1. The fraction of sp³-hybridized carbons (Fsp3) is 0.182. The number of para-hydroxylation sites is 1. The highest BCUT2D eigenvalue weighted by atomic mass is 16.5. The molecule has 0 radical (unpaired) electrons. The summed E-state index contributed by atoms with van der Waals surface area (Å²) in [5, 5.41) is 6.21. The fourth-order valence-electron chi connectivity index (χ4n) is 2.83. The van der Waals surface area contributed by atoms with Gasteiger partial charge in [-0.25, -0.2) is 0 Å². The molecule has 0 spiro atoms. The number of aromatic nitrogens is 1. The van der Waals surface area contributed by atoms with E-state index in [1.165, 1.54) is 0 Å². The number of carbonyl (C=O) groups is 1. The Bertz CT molecular complexity index is 925. The molecule has 0 saturated carbocycles. The lowest BCUT2D eigenvalue weighted by molar-refractivity contribution is 0.102. The third-order valence-corrected chi connectivity index (χ3v) is 4.18. The van der Waals surface area contributed by atoms with E-state index < -0.39 is 0 Å². The van der Waals surface area contributed by atoms with E-state index in [2.05, 4.69) is 15.6 Å². The van der Waals surface area contributed by atoms with E-state index in [9.17, 15) is 4.79 Å². The molecule has 3 aromatic rings. The maximum atomic E-state index is 12.4. The van der Waals surface area contributed by atoms with Crippen LogP contribution >= 0.6 is 0 Å². The van der Waals surface area contributed by atoms with Gasteiger partial charge in [-0.3, -0.25) is 9.78 Å². The Hall–Kier alpha value is -3.34. The molecule has 1 heterocycles. The minimum Gasteiger partial charge on any atom is -0.496 e. The summed E-state index contributed by atoms with van der Waals surface area (Å²) >= 11 is 0. The predicted octanol–water partition coefficient (Wildman–Crippen LogP) is 4.31. The number of carbonyl (C=O) groups excluding carboxylic acids is 1. The number of rotatable bonds is 7. The van der Waals surface area contributed by atoms with Gasteiger partial charge in [-0.1, -0.05) is 30.3 Å². The third kappa shape index (κ3) is 5.07. The first-order chi connectivity index (χ1) is 13.2. The summed E-state index contributed by atoms with van der Waals surface area (Å²) in [6, 6.07) is 19.2. The molecule has 5 nitrogen and oxygen atoms in total. The molecule has 2 aromatic carbocycles. The standard InChI is InChI=1S/C22H23N3O2/c1-16-6-5-8-19(14-16)25-22(26)20-15-18(11-13-24-20)23-12-10-17-7-3-4-9-21(17)27-2/h3-9,11,13-15H,10,12H2,1-2H3,(H,23,24)(H,25,26). The van der Waals surface area contributed by atoms with Crippen molar-refractivity contribution in [1.29, 1.82) is 0 Å². The molecule has 1 aromatic heterocycles. The van der Waals surface area contributed by atoms with Gasteiger partial charge in [0.2, 0.25) is 0 Å². The number of pyridine rings is 1. The van der Waals surface area contributed by atoms with Crippen molar-refractivity contribution in [2.75, 3.05) is 24.3 Å². The van der Waals surface area contributed by atoms with Crippen LogP contribution in [0.3, 0.4) is 0 Å². The second-order valence-electron chi connectivity index (χ2n) is 6.24. The molecule has 1 amide bonds. The highest BCUT2D eigenvalue weighted by Gasteiger charge is 2.09. The largest absolute Gasteiger partial charge is 0.496 e. The summed E-state index contributed by atoms with van der Waals surface area (Å²) in [5.41, 5.74) is 4.22. The van der Waals surface area contributed by atoms with Crippen LogP contribution in [0.5, 0.6) is 5.75 Å². The number of hydrogen-bond acceptors (Lipinski definition) is 4. The Kier molecular flexibility index (Phi) is 6.05.